The fraction of sp³-hybridized carbons (Fsp3) is 0.364. The van der Waals surface area contributed by atoms with Gasteiger partial charge in [-0.1, -0.05) is 18.5 Å². The lowest BCUT2D eigenvalue weighted by molar-refractivity contribution is -0.153. The first kappa shape index (κ1) is 20.7. The Labute approximate surface area is 179 Å². The van der Waals surface area contributed by atoms with Gasteiger partial charge in [-0.2, -0.15) is 5.10 Å². The number of pyridine rings is 1. The zero-order chi connectivity index (χ0) is 21.1. The molecule has 0 bridgehead atoms. The van der Waals surface area contributed by atoms with Crippen molar-refractivity contribution in [3.8, 4) is 22.6 Å². The van der Waals surface area contributed by atoms with Crippen LogP contribution in [-0.4, -0.2) is 45.9 Å². The second kappa shape index (κ2) is 8.63. The molecule has 0 spiro atoms. The summed E-state index contributed by atoms with van der Waals surface area (Å²) in [6.45, 7) is 4.11. The predicted molar refractivity (Wildman–Crippen MR) is 114 cm³/mol. The molecule has 30 heavy (non-hydrogen) atoms. The van der Waals surface area contributed by atoms with Crippen LogP contribution >= 0.6 is 11.6 Å². The molecule has 0 unspecified atom stereocenters. The molecule has 3 aromatic rings. The summed E-state index contributed by atoms with van der Waals surface area (Å²) >= 11 is 6.50. The summed E-state index contributed by atoms with van der Waals surface area (Å²) in [6, 6.07) is 8.81. The molecule has 7 nitrogen and oxygen atoms in total. The Balaban J connectivity index is 1.52. The summed E-state index contributed by atoms with van der Waals surface area (Å²) in [4.78, 5) is 11.9. The minimum Gasteiger partial charge on any atom is -0.493 e. The number of nitrogens with zero attached hydrogens (tertiary/aromatic N) is 3. The Morgan fingerprint density at radius 2 is 2.10 bits per heavy atom. The summed E-state index contributed by atoms with van der Waals surface area (Å²) in [5.74, 6) is 0.641. The SMILES string of the molecule is CCCn1cc(-n2cc(-c3ccc(OCC4(CO)COC4)cc3Cl)cn2)ccc1=O. The highest BCUT2D eigenvalue weighted by molar-refractivity contribution is 6.33. The van der Waals surface area contributed by atoms with E-state index in [0.29, 0.717) is 37.1 Å². The third-order valence-electron chi connectivity index (χ3n) is 5.23. The van der Waals surface area contributed by atoms with E-state index < -0.39 is 0 Å². The highest BCUT2D eigenvalue weighted by Gasteiger charge is 2.39. The molecule has 8 heteroatoms. The smallest absolute Gasteiger partial charge is 0.250 e. The Bertz CT molecular complexity index is 1080. The van der Waals surface area contributed by atoms with Crippen molar-refractivity contribution in [3.05, 3.63) is 64.3 Å². The molecule has 0 aliphatic carbocycles. The van der Waals surface area contributed by atoms with Crippen molar-refractivity contribution in [2.75, 3.05) is 26.4 Å². The largest absolute Gasteiger partial charge is 0.493 e. The number of halogens is 1. The van der Waals surface area contributed by atoms with Crippen LogP contribution < -0.4 is 10.3 Å². The van der Waals surface area contributed by atoms with Gasteiger partial charge in [0.1, 0.15) is 12.4 Å². The van der Waals surface area contributed by atoms with E-state index in [0.717, 1.165) is 23.2 Å². The first-order valence-electron chi connectivity index (χ1n) is 9.90. The van der Waals surface area contributed by atoms with Crippen LogP contribution in [0.2, 0.25) is 5.02 Å². The second-order valence-electron chi connectivity index (χ2n) is 7.67. The molecule has 4 rings (SSSR count). The molecule has 3 heterocycles. The maximum absolute atomic E-state index is 11.9. The minimum atomic E-state index is -0.319. The van der Waals surface area contributed by atoms with Crippen LogP contribution in [0.3, 0.4) is 0 Å². The van der Waals surface area contributed by atoms with Crippen LogP contribution in [0.1, 0.15) is 13.3 Å². The summed E-state index contributed by atoms with van der Waals surface area (Å²) < 4.78 is 14.4. The van der Waals surface area contributed by atoms with Crippen LogP contribution in [0.4, 0.5) is 0 Å². The van der Waals surface area contributed by atoms with Gasteiger partial charge in [-0.25, -0.2) is 4.68 Å². The van der Waals surface area contributed by atoms with Crippen molar-refractivity contribution in [1.29, 1.82) is 0 Å². The van der Waals surface area contributed by atoms with E-state index in [1.165, 1.54) is 0 Å². The lowest BCUT2D eigenvalue weighted by Gasteiger charge is -2.39. The van der Waals surface area contributed by atoms with Crippen LogP contribution in [0.5, 0.6) is 5.75 Å². The van der Waals surface area contributed by atoms with Gasteiger partial charge in [0.2, 0.25) is 0 Å². The fourth-order valence-electron chi connectivity index (χ4n) is 3.34. The fourth-order valence-corrected chi connectivity index (χ4v) is 3.62. The maximum atomic E-state index is 11.9. The topological polar surface area (TPSA) is 78.5 Å². The van der Waals surface area contributed by atoms with E-state index in [4.69, 9.17) is 21.1 Å². The lowest BCUT2D eigenvalue weighted by atomic mass is 9.88. The van der Waals surface area contributed by atoms with E-state index in [9.17, 15) is 9.90 Å². The maximum Gasteiger partial charge on any atom is 0.250 e. The van der Waals surface area contributed by atoms with Crippen LogP contribution in [0, 0.1) is 5.41 Å². The Morgan fingerprint density at radius 1 is 1.27 bits per heavy atom. The van der Waals surface area contributed by atoms with Crippen molar-refractivity contribution >= 4 is 11.6 Å². The monoisotopic (exact) mass is 429 g/mol. The molecule has 1 saturated heterocycles. The van der Waals surface area contributed by atoms with Gasteiger partial charge in [-0.3, -0.25) is 4.79 Å². The number of benzene rings is 1. The third kappa shape index (κ3) is 4.14. The van der Waals surface area contributed by atoms with Crippen LogP contribution in [-0.2, 0) is 11.3 Å². The average Bonchev–Trinajstić information content (AvgIpc) is 3.19. The highest BCUT2D eigenvalue weighted by Crippen LogP contribution is 2.33. The average molecular weight is 430 g/mol. The Hall–Kier alpha value is -2.61. The molecule has 1 aliphatic heterocycles. The Morgan fingerprint density at radius 3 is 2.77 bits per heavy atom. The second-order valence-corrected chi connectivity index (χ2v) is 8.08. The van der Waals surface area contributed by atoms with Gasteiger partial charge in [0.15, 0.2) is 0 Å². The van der Waals surface area contributed by atoms with Gasteiger partial charge in [0.05, 0.1) is 42.1 Å². The molecule has 158 valence electrons. The zero-order valence-electron chi connectivity index (χ0n) is 16.8. The normalized spacial score (nSPS) is 15.0. The number of aliphatic hydroxyl groups is 1. The van der Waals surface area contributed by atoms with E-state index in [1.54, 1.807) is 33.6 Å². The first-order valence-corrected chi connectivity index (χ1v) is 10.3. The van der Waals surface area contributed by atoms with Gasteiger partial charge >= 0.3 is 0 Å². The van der Waals surface area contributed by atoms with Gasteiger partial charge in [-0.15, -0.1) is 0 Å². The van der Waals surface area contributed by atoms with Crippen LogP contribution in [0.25, 0.3) is 16.8 Å². The predicted octanol–water partition coefficient (Wildman–Crippen LogP) is 3.15. The lowest BCUT2D eigenvalue weighted by Crippen LogP contribution is -2.49. The number of aliphatic hydroxyl groups excluding tert-OH is 1. The number of hydrogen-bond acceptors (Lipinski definition) is 5. The zero-order valence-corrected chi connectivity index (χ0v) is 17.5. The van der Waals surface area contributed by atoms with Gasteiger partial charge < -0.3 is 19.1 Å². The molecule has 1 aromatic carbocycles. The van der Waals surface area contributed by atoms with Gasteiger partial charge in [0, 0.05) is 36.1 Å². The quantitative estimate of drug-likeness (QED) is 0.595. The molecule has 0 radical (unpaired) electrons. The molecule has 2 aromatic heterocycles. The number of ether oxygens (including phenoxy) is 2. The van der Waals surface area contributed by atoms with Crippen molar-refractivity contribution in [2.24, 2.45) is 5.41 Å². The summed E-state index contributed by atoms with van der Waals surface area (Å²) in [5, 5.41) is 14.5. The molecule has 1 N–H and O–H groups in total. The summed E-state index contributed by atoms with van der Waals surface area (Å²) in [6.07, 6.45) is 6.31. The van der Waals surface area contributed by atoms with Gasteiger partial charge in [-0.05, 0) is 30.7 Å². The van der Waals surface area contributed by atoms with Crippen LogP contribution in [0.15, 0.2) is 53.7 Å². The minimum absolute atomic E-state index is 0.0250. The standard InChI is InChI=1S/C22H24ClN3O4/c1-2-7-25-11-17(3-6-21(25)28)26-10-16(9-24-26)19-5-4-18(8-20(19)23)30-15-22(12-27)13-29-14-22/h3-6,8-11,27H,2,7,12-15H2,1H3. The highest BCUT2D eigenvalue weighted by atomic mass is 35.5. The third-order valence-corrected chi connectivity index (χ3v) is 5.54. The molecule has 0 saturated carbocycles. The number of hydrogen-bond donors (Lipinski definition) is 1. The molecular formula is C22H24ClN3O4. The van der Waals surface area contributed by atoms with E-state index in [-0.39, 0.29) is 17.6 Å². The van der Waals surface area contributed by atoms with E-state index in [1.807, 2.05) is 31.5 Å². The summed E-state index contributed by atoms with van der Waals surface area (Å²) in [5.41, 5.74) is 2.16. The molecule has 1 aliphatic rings. The first-order chi connectivity index (χ1) is 14.5. The van der Waals surface area contributed by atoms with E-state index >= 15 is 0 Å². The number of rotatable bonds is 8. The van der Waals surface area contributed by atoms with Crippen molar-refractivity contribution in [1.82, 2.24) is 14.3 Å². The molecular weight excluding hydrogens is 406 g/mol. The number of aryl methyl sites for hydroxylation is 1. The molecule has 0 atom stereocenters. The number of aromatic nitrogens is 3. The summed E-state index contributed by atoms with van der Waals surface area (Å²) in [7, 11) is 0. The van der Waals surface area contributed by atoms with Crippen molar-refractivity contribution < 1.29 is 14.6 Å². The van der Waals surface area contributed by atoms with Crippen molar-refractivity contribution in [3.63, 3.8) is 0 Å². The molecule has 0 amide bonds. The van der Waals surface area contributed by atoms with Gasteiger partial charge in [0.25, 0.3) is 5.56 Å². The van der Waals surface area contributed by atoms with E-state index in [2.05, 4.69) is 5.10 Å². The van der Waals surface area contributed by atoms with Crippen molar-refractivity contribution in [2.45, 2.75) is 19.9 Å². The Kier molecular flexibility index (Phi) is 5.94. The molecule has 1 fully saturated rings.